The number of hydrogen-bond donors (Lipinski definition) is 7. The summed E-state index contributed by atoms with van der Waals surface area (Å²) in [4.78, 5) is 62.8. The number of aliphatic imine (C=N–C) groups is 1. The van der Waals surface area contributed by atoms with Crippen LogP contribution >= 0.6 is 0 Å². The summed E-state index contributed by atoms with van der Waals surface area (Å²) < 4.78 is 0. The lowest BCUT2D eigenvalue weighted by atomic mass is 10.1. The lowest BCUT2D eigenvalue weighted by molar-refractivity contribution is -0.140. The Kier molecular flexibility index (Phi) is 10.7. The Morgan fingerprint density at radius 2 is 1.62 bits per heavy atom. The van der Waals surface area contributed by atoms with Crippen molar-refractivity contribution in [3.8, 4) is 0 Å². The smallest absolute Gasteiger partial charge is 0.305 e. The van der Waals surface area contributed by atoms with Gasteiger partial charge in [-0.1, -0.05) is 18.2 Å². The number of carbonyl (C=O) groups excluding carboxylic acids is 4. The minimum absolute atomic E-state index is 0.110. The third kappa shape index (κ3) is 10.0. The second kappa shape index (κ2) is 13.2. The Balaban J connectivity index is 2.73. The summed E-state index contributed by atoms with van der Waals surface area (Å²) in [6.07, 6.45) is -0.166. The van der Waals surface area contributed by atoms with E-state index in [0.717, 1.165) is 0 Å². The Labute approximate surface area is 183 Å². The van der Waals surface area contributed by atoms with Gasteiger partial charge in [-0.05, 0) is 25.0 Å². The zero-order chi connectivity index (χ0) is 24.1. The minimum atomic E-state index is -1.43. The van der Waals surface area contributed by atoms with Crippen molar-refractivity contribution in [1.82, 2.24) is 16.0 Å². The predicted molar refractivity (Wildman–Crippen MR) is 114 cm³/mol. The minimum Gasteiger partial charge on any atom is -0.481 e. The molecule has 0 spiro atoms. The van der Waals surface area contributed by atoms with Gasteiger partial charge in [-0.2, -0.15) is 0 Å². The maximum absolute atomic E-state index is 12.6. The van der Waals surface area contributed by atoms with Crippen LogP contribution in [0.1, 0.15) is 29.6 Å². The van der Waals surface area contributed by atoms with Crippen LogP contribution in [0, 0.1) is 0 Å². The standard InChI is InChI=1S/C19H27N7O6/c20-16(30)13(9-15(28)29)25-14(27)10-24-18(32)12(7-4-8-23-19(21)22)26-17(31)11-5-2-1-3-6-11/h1-3,5-6,12-13H,4,7-10H2,(H2,20,30)(H,24,32)(H,25,27)(H,26,31)(H,28,29)(H4,21,22,23)/t12-,13-/m0/s1. The van der Waals surface area contributed by atoms with Crippen LogP contribution in [0.2, 0.25) is 0 Å². The number of carboxylic acids is 1. The lowest BCUT2D eigenvalue weighted by Gasteiger charge is -2.19. The van der Waals surface area contributed by atoms with Crippen LogP contribution in [-0.4, -0.2) is 65.8 Å². The van der Waals surface area contributed by atoms with E-state index in [0.29, 0.717) is 12.0 Å². The number of hydrogen-bond acceptors (Lipinski definition) is 6. The molecule has 174 valence electrons. The number of rotatable bonds is 13. The van der Waals surface area contributed by atoms with Gasteiger partial charge in [0.15, 0.2) is 5.96 Å². The van der Waals surface area contributed by atoms with Gasteiger partial charge in [0, 0.05) is 12.1 Å². The van der Waals surface area contributed by atoms with Crippen LogP contribution in [0.5, 0.6) is 0 Å². The second-order valence-electron chi connectivity index (χ2n) is 6.68. The summed E-state index contributed by atoms with van der Waals surface area (Å²) in [5, 5.41) is 15.8. The Bertz CT molecular complexity index is 855. The van der Waals surface area contributed by atoms with Crippen LogP contribution in [0.4, 0.5) is 0 Å². The van der Waals surface area contributed by atoms with E-state index in [9.17, 15) is 24.0 Å². The highest BCUT2D eigenvalue weighted by molar-refractivity contribution is 5.98. The molecule has 1 rings (SSSR count). The molecule has 1 aromatic rings. The number of amides is 4. The number of guanidine groups is 1. The van der Waals surface area contributed by atoms with E-state index >= 15 is 0 Å². The lowest BCUT2D eigenvalue weighted by Crippen LogP contribution is -2.52. The molecule has 0 aliphatic heterocycles. The number of primary amides is 1. The Morgan fingerprint density at radius 1 is 0.969 bits per heavy atom. The number of carboxylic acid groups (broad SMARTS) is 1. The van der Waals surface area contributed by atoms with Gasteiger partial charge in [-0.25, -0.2) is 0 Å². The molecule has 13 nitrogen and oxygen atoms in total. The Hall–Kier alpha value is -4.16. The molecule has 0 aliphatic carbocycles. The molecule has 4 amide bonds. The first-order valence-electron chi connectivity index (χ1n) is 9.59. The topological polar surface area (TPSA) is 232 Å². The second-order valence-corrected chi connectivity index (χ2v) is 6.68. The molecule has 10 N–H and O–H groups in total. The monoisotopic (exact) mass is 449 g/mol. The Morgan fingerprint density at radius 3 is 2.19 bits per heavy atom. The highest BCUT2D eigenvalue weighted by atomic mass is 16.4. The van der Waals surface area contributed by atoms with Crippen molar-refractivity contribution in [3.63, 3.8) is 0 Å². The largest absolute Gasteiger partial charge is 0.481 e. The molecule has 13 heteroatoms. The summed E-state index contributed by atoms with van der Waals surface area (Å²) >= 11 is 0. The third-order valence-corrected chi connectivity index (χ3v) is 4.08. The number of carbonyl (C=O) groups is 5. The van der Waals surface area contributed by atoms with Crippen molar-refractivity contribution in [2.45, 2.75) is 31.3 Å². The van der Waals surface area contributed by atoms with E-state index < -0.39 is 54.6 Å². The van der Waals surface area contributed by atoms with Crippen LogP contribution < -0.4 is 33.2 Å². The highest BCUT2D eigenvalue weighted by Crippen LogP contribution is 2.03. The van der Waals surface area contributed by atoms with Crippen LogP contribution in [0.25, 0.3) is 0 Å². The number of aliphatic carboxylic acids is 1. The van der Waals surface area contributed by atoms with Gasteiger partial charge in [0.1, 0.15) is 12.1 Å². The molecule has 0 unspecified atom stereocenters. The first kappa shape index (κ1) is 25.9. The fourth-order valence-electron chi connectivity index (χ4n) is 2.54. The van der Waals surface area contributed by atoms with Crippen LogP contribution in [0.15, 0.2) is 35.3 Å². The molecule has 0 saturated heterocycles. The number of nitrogens with zero attached hydrogens (tertiary/aromatic N) is 1. The van der Waals surface area contributed by atoms with Gasteiger partial charge in [0.05, 0.1) is 13.0 Å². The molecule has 0 aliphatic rings. The highest BCUT2D eigenvalue weighted by Gasteiger charge is 2.24. The fourth-order valence-corrected chi connectivity index (χ4v) is 2.54. The van der Waals surface area contributed by atoms with Crippen molar-refractivity contribution in [1.29, 1.82) is 0 Å². The van der Waals surface area contributed by atoms with Gasteiger partial charge in [-0.3, -0.25) is 29.0 Å². The number of nitrogens with one attached hydrogen (secondary N) is 3. The van der Waals surface area contributed by atoms with Crippen molar-refractivity contribution < 1.29 is 29.1 Å². The van der Waals surface area contributed by atoms with Crippen molar-refractivity contribution in [2.24, 2.45) is 22.2 Å². The normalized spacial score (nSPS) is 12.0. The molecule has 0 saturated carbocycles. The summed E-state index contributed by atoms with van der Waals surface area (Å²) in [5.74, 6) is -4.45. The molecule has 0 aromatic heterocycles. The third-order valence-electron chi connectivity index (χ3n) is 4.08. The van der Waals surface area contributed by atoms with E-state index in [4.69, 9.17) is 22.3 Å². The molecule has 0 heterocycles. The molecular formula is C19H27N7O6. The average molecular weight is 449 g/mol. The van der Waals surface area contributed by atoms with E-state index in [1.807, 2.05) is 0 Å². The maximum atomic E-state index is 12.6. The van der Waals surface area contributed by atoms with Gasteiger partial charge >= 0.3 is 5.97 Å². The molecule has 2 atom stereocenters. The van der Waals surface area contributed by atoms with Crippen LogP contribution in [0.3, 0.4) is 0 Å². The molecular weight excluding hydrogens is 422 g/mol. The van der Waals surface area contributed by atoms with E-state index in [1.54, 1.807) is 30.3 Å². The summed E-state index contributed by atoms with van der Waals surface area (Å²) in [6, 6.07) is 5.78. The zero-order valence-electron chi connectivity index (χ0n) is 17.2. The van der Waals surface area contributed by atoms with E-state index in [2.05, 4.69) is 20.9 Å². The van der Waals surface area contributed by atoms with Crippen molar-refractivity contribution >= 4 is 35.6 Å². The number of nitrogens with two attached hydrogens (primary N) is 3. The van der Waals surface area contributed by atoms with Crippen molar-refractivity contribution in [3.05, 3.63) is 35.9 Å². The zero-order valence-corrected chi connectivity index (χ0v) is 17.2. The van der Waals surface area contributed by atoms with Gasteiger partial charge in [0.2, 0.25) is 17.7 Å². The molecule has 0 fully saturated rings. The number of benzene rings is 1. The quantitative estimate of drug-likeness (QED) is 0.0955. The summed E-state index contributed by atoms with van der Waals surface area (Å²) in [5.41, 5.74) is 15.9. The SMILES string of the molecule is NC(=O)[C@H](CC(=O)O)NC(=O)CNC(=O)[C@H](CCCN=C(N)N)NC(=O)c1ccccc1. The molecule has 0 radical (unpaired) electrons. The molecule has 1 aromatic carbocycles. The average Bonchev–Trinajstić information content (AvgIpc) is 2.73. The molecule has 0 bridgehead atoms. The first-order valence-corrected chi connectivity index (χ1v) is 9.59. The van der Waals surface area contributed by atoms with Gasteiger partial charge in [0.25, 0.3) is 5.91 Å². The van der Waals surface area contributed by atoms with E-state index in [1.165, 1.54) is 0 Å². The first-order chi connectivity index (χ1) is 15.1. The predicted octanol–water partition coefficient (Wildman–Crippen LogP) is -2.60. The van der Waals surface area contributed by atoms with Crippen LogP contribution in [-0.2, 0) is 19.2 Å². The van der Waals surface area contributed by atoms with E-state index in [-0.39, 0.29) is 18.9 Å². The fraction of sp³-hybridized carbons (Fsp3) is 0.368. The maximum Gasteiger partial charge on any atom is 0.305 e. The van der Waals surface area contributed by atoms with Crippen molar-refractivity contribution in [2.75, 3.05) is 13.1 Å². The van der Waals surface area contributed by atoms with Gasteiger partial charge < -0.3 is 38.3 Å². The summed E-state index contributed by atoms with van der Waals surface area (Å²) in [6.45, 7) is -0.336. The van der Waals surface area contributed by atoms with Gasteiger partial charge in [-0.15, -0.1) is 0 Å². The molecule has 32 heavy (non-hydrogen) atoms. The summed E-state index contributed by atoms with van der Waals surface area (Å²) in [7, 11) is 0.